The number of alkyl halides is 3. The van der Waals surface area contributed by atoms with E-state index in [1.54, 1.807) is 48.8 Å². The number of carbonyl (C=O) groups excluding carboxylic acids is 3. The number of ether oxygens (including phenoxy) is 2. The van der Waals surface area contributed by atoms with Crippen molar-refractivity contribution >= 4 is 45.3 Å². The minimum atomic E-state index is -4.55. The van der Waals surface area contributed by atoms with E-state index in [1.807, 2.05) is 0 Å². The number of hydrogen-bond acceptors (Lipinski definition) is 7. The van der Waals surface area contributed by atoms with Crippen LogP contribution in [0.1, 0.15) is 32.1 Å². The van der Waals surface area contributed by atoms with Crippen molar-refractivity contribution < 1.29 is 37.0 Å². The number of benzene rings is 3. The lowest BCUT2D eigenvalue weighted by Gasteiger charge is -2.28. The molecule has 270 valence electrons. The lowest BCUT2D eigenvalue weighted by atomic mass is 10.1. The van der Waals surface area contributed by atoms with Gasteiger partial charge in [0.1, 0.15) is 17.2 Å². The van der Waals surface area contributed by atoms with Crippen molar-refractivity contribution in [2.75, 3.05) is 19.8 Å². The fraction of sp³-hybridized carbons (Fsp3) is 0.206. The fourth-order valence-corrected chi connectivity index (χ4v) is 6.02. The van der Waals surface area contributed by atoms with E-state index >= 15 is 0 Å². The second-order valence-electron chi connectivity index (χ2n) is 11.5. The molecule has 3 N–H and O–H groups in total. The number of aromatic nitrogens is 4. The quantitative estimate of drug-likeness (QED) is 0.197. The first kappa shape index (κ1) is 36.2. The molecule has 3 aromatic carbocycles. The van der Waals surface area contributed by atoms with E-state index in [4.69, 9.17) is 26.8 Å². The zero-order valence-corrected chi connectivity index (χ0v) is 29.2. The summed E-state index contributed by atoms with van der Waals surface area (Å²) in [6, 6.07) is 16.6. The Morgan fingerprint density at radius 3 is 2.42 bits per heavy atom. The molecule has 0 unspecified atom stereocenters. The number of amides is 3. The molecule has 0 atom stereocenters. The third kappa shape index (κ3) is 8.00. The van der Waals surface area contributed by atoms with Crippen molar-refractivity contribution in [2.45, 2.75) is 25.8 Å². The lowest BCUT2D eigenvalue weighted by Crippen LogP contribution is -2.41. The Balaban J connectivity index is 1.35. The summed E-state index contributed by atoms with van der Waals surface area (Å²) < 4.78 is 53.2. The molecule has 3 heterocycles. The van der Waals surface area contributed by atoms with Gasteiger partial charge in [-0.05, 0) is 76.1 Å². The number of halogens is 5. The topological polar surface area (TPSA) is 156 Å². The number of fused-ring (bicyclic) bond motifs is 1. The smallest absolute Gasteiger partial charge is 0.422 e. The van der Waals surface area contributed by atoms with Crippen LogP contribution in [0, 0.1) is 0 Å². The molecule has 0 bridgehead atoms. The van der Waals surface area contributed by atoms with Gasteiger partial charge in [0.15, 0.2) is 13.2 Å². The molecule has 0 aliphatic carbocycles. The fourth-order valence-electron chi connectivity index (χ4n) is 5.60. The van der Waals surface area contributed by atoms with Crippen molar-refractivity contribution in [1.82, 2.24) is 29.1 Å². The molecule has 6 rings (SSSR count). The molecule has 52 heavy (non-hydrogen) atoms. The van der Waals surface area contributed by atoms with Gasteiger partial charge in [0, 0.05) is 48.1 Å². The number of nitrogens with two attached hydrogens (primary N) is 1. The van der Waals surface area contributed by atoms with Gasteiger partial charge in [-0.15, -0.1) is 0 Å². The Hall–Kier alpha value is -5.55. The lowest BCUT2D eigenvalue weighted by molar-refractivity contribution is -0.153. The molecule has 0 radical (unpaired) electrons. The minimum absolute atomic E-state index is 0.0560. The highest BCUT2D eigenvalue weighted by Crippen LogP contribution is 2.27. The summed E-state index contributed by atoms with van der Waals surface area (Å²) in [4.78, 5) is 54.4. The van der Waals surface area contributed by atoms with Crippen LogP contribution in [0.15, 0.2) is 88.4 Å². The molecule has 18 heteroatoms. The second kappa shape index (κ2) is 15.0. The van der Waals surface area contributed by atoms with Crippen LogP contribution in [0.3, 0.4) is 0 Å². The van der Waals surface area contributed by atoms with Crippen LogP contribution >= 0.6 is 27.5 Å². The highest BCUT2D eigenvalue weighted by Gasteiger charge is 2.33. The third-order valence-corrected chi connectivity index (χ3v) is 9.21. The largest absolute Gasteiger partial charge is 0.484 e. The molecule has 0 spiro atoms. The van der Waals surface area contributed by atoms with Crippen molar-refractivity contribution in [3.63, 3.8) is 0 Å². The first-order chi connectivity index (χ1) is 24.8. The van der Waals surface area contributed by atoms with Gasteiger partial charge in [-0.3, -0.25) is 23.5 Å². The Morgan fingerprint density at radius 2 is 1.75 bits per heavy atom. The van der Waals surface area contributed by atoms with Crippen LogP contribution in [0.25, 0.3) is 11.4 Å². The zero-order chi connectivity index (χ0) is 37.2. The van der Waals surface area contributed by atoms with E-state index < -0.39 is 30.3 Å². The Labute approximate surface area is 306 Å². The molecule has 3 amide bonds. The number of rotatable bonds is 11. The monoisotopic (exact) mass is 801 g/mol. The summed E-state index contributed by atoms with van der Waals surface area (Å²) >= 11 is 9.55. The third-order valence-electron chi connectivity index (χ3n) is 7.97. The van der Waals surface area contributed by atoms with Gasteiger partial charge in [-0.1, -0.05) is 17.7 Å². The molecule has 1 aliphatic rings. The summed E-state index contributed by atoms with van der Waals surface area (Å²) in [5, 5.41) is 7.45. The molecule has 5 aromatic rings. The minimum Gasteiger partial charge on any atom is -0.484 e. The first-order valence-corrected chi connectivity index (χ1v) is 16.7. The van der Waals surface area contributed by atoms with Crippen LogP contribution in [0.2, 0.25) is 5.02 Å². The van der Waals surface area contributed by atoms with Crippen molar-refractivity contribution in [3.05, 3.63) is 122 Å². The van der Waals surface area contributed by atoms with E-state index in [0.29, 0.717) is 32.1 Å². The number of primary amides is 1. The SMILES string of the molecule is NC(=O)COc1ccc(CNC(=O)c2c3n(c(=O)n2-c2ccc(OCC(F)(F)F)cc2)CCN(C(=O)c2ccc(Br)c(Cl)c2)C3)c(-n2cccn2)c1. The Morgan fingerprint density at radius 1 is 1.00 bits per heavy atom. The molecule has 0 saturated heterocycles. The van der Waals surface area contributed by atoms with Gasteiger partial charge < -0.3 is 25.4 Å². The molecule has 13 nitrogen and oxygen atoms in total. The highest BCUT2D eigenvalue weighted by molar-refractivity contribution is 9.10. The number of nitrogens with one attached hydrogen (secondary N) is 1. The number of nitrogens with zero attached hydrogens (tertiary/aromatic N) is 5. The van der Waals surface area contributed by atoms with Crippen LogP contribution in [0.5, 0.6) is 11.5 Å². The summed E-state index contributed by atoms with van der Waals surface area (Å²) in [7, 11) is 0. The van der Waals surface area contributed by atoms with Crippen LogP contribution in [0.4, 0.5) is 13.2 Å². The van der Waals surface area contributed by atoms with Crippen molar-refractivity contribution in [1.29, 1.82) is 0 Å². The van der Waals surface area contributed by atoms with Gasteiger partial charge in [-0.25, -0.2) is 9.48 Å². The molecular weight excluding hydrogens is 775 g/mol. The second-order valence-corrected chi connectivity index (χ2v) is 12.8. The standard InChI is InChI=1S/C34H28BrClF3N7O6/c35-25-9-3-20(14-26(25)36)32(49)43-12-13-44-28(17-43)30(46(33(44)50)22-4-7-23(8-5-22)52-19-34(37,38)39)31(48)41-16-21-2-6-24(51-18-29(40)47)15-27(21)45-11-1-10-42-45/h1-11,14-15H,12-13,16-19H2,(H2,40,47)(H,41,48). The van der Waals surface area contributed by atoms with Crippen LogP contribution in [-0.2, 0) is 24.4 Å². The van der Waals surface area contributed by atoms with Gasteiger partial charge >= 0.3 is 11.9 Å². The Kier molecular flexibility index (Phi) is 10.4. The van der Waals surface area contributed by atoms with Crippen molar-refractivity contribution in [3.8, 4) is 22.9 Å². The van der Waals surface area contributed by atoms with Crippen LogP contribution < -0.4 is 26.2 Å². The maximum Gasteiger partial charge on any atom is 0.422 e. The summed E-state index contributed by atoms with van der Waals surface area (Å²) in [5.41, 5.74) is 6.37. The summed E-state index contributed by atoms with van der Waals surface area (Å²) in [6.07, 6.45) is -1.33. The van der Waals surface area contributed by atoms with Gasteiger partial charge in [0.2, 0.25) is 0 Å². The number of hydrogen-bond donors (Lipinski definition) is 2. The average Bonchev–Trinajstić information content (AvgIpc) is 3.76. The highest BCUT2D eigenvalue weighted by atomic mass is 79.9. The zero-order valence-electron chi connectivity index (χ0n) is 26.9. The molecule has 2 aromatic heterocycles. The predicted molar refractivity (Wildman–Crippen MR) is 185 cm³/mol. The van der Waals surface area contributed by atoms with Gasteiger partial charge in [0.05, 0.1) is 28.6 Å². The normalized spacial score (nSPS) is 12.7. The first-order valence-electron chi connectivity index (χ1n) is 15.5. The molecule has 0 saturated carbocycles. The number of carbonyl (C=O) groups is 3. The van der Waals surface area contributed by atoms with E-state index in [2.05, 4.69) is 26.3 Å². The average molecular weight is 803 g/mol. The maximum absolute atomic E-state index is 14.2. The Bertz CT molecular complexity index is 2200. The predicted octanol–water partition coefficient (Wildman–Crippen LogP) is 4.63. The summed E-state index contributed by atoms with van der Waals surface area (Å²) in [6.45, 7) is -1.84. The van der Waals surface area contributed by atoms with Gasteiger partial charge in [-0.2, -0.15) is 18.3 Å². The van der Waals surface area contributed by atoms with E-state index in [-0.39, 0.29) is 61.5 Å². The van der Waals surface area contributed by atoms with Crippen molar-refractivity contribution in [2.24, 2.45) is 5.73 Å². The van der Waals surface area contributed by atoms with Crippen LogP contribution in [-0.4, -0.2) is 67.5 Å². The number of imidazole rings is 1. The summed E-state index contributed by atoms with van der Waals surface area (Å²) in [5.74, 6) is -1.48. The molecular formula is C34H28BrClF3N7O6. The molecule has 0 fully saturated rings. The van der Waals surface area contributed by atoms with E-state index in [9.17, 15) is 32.3 Å². The maximum atomic E-state index is 14.2. The molecule has 1 aliphatic heterocycles. The van der Waals surface area contributed by atoms with E-state index in [1.165, 1.54) is 44.5 Å². The van der Waals surface area contributed by atoms with E-state index in [0.717, 1.165) is 4.57 Å². The van der Waals surface area contributed by atoms with Gasteiger partial charge in [0.25, 0.3) is 17.7 Å².